The number of aryl methyl sites for hydroxylation is 2. The number of aliphatic imine (C=N–C) groups is 1. The first-order valence-corrected chi connectivity index (χ1v) is 12.1. The van der Waals surface area contributed by atoms with Crippen LogP contribution in [0.3, 0.4) is 0 Å². The molecule has 0 unspecified atom stereocenters. The number of hydrogen-bond donors (Lipinski definition) is 1. The van der Waals surface area contributed by atoms with Crippen LogP contribution >= 0.6 is 27.7 Å². The van der Waals surface area contributed by atoms with Gasteiger partial charge in [0.05, 0.1) is 21.7 Å². The van der Waals surface area contributed by atoms with Gasteiger partial charge in [0.15, 0.2) is 23.3 Å². The molecule has 2 N–H and O–H groups in total. The van der Waals surface area contributed by atoms with Crippen molar-refractivity contribution in [1.82, 2.24) is 4.90 Å². The highest BCUT2D eigenvalue weighted by atomic mass is 79.9. The lowest BCUT2D eigenvalue weighted by atomic mass is 10.1. The van der Waals surface area contributed by atoms with E-state index in [4.69, 9.17) is 20.2 Å². The lowest BCUT2D eigenvalue weighted by Crippen LogP contribution is -2.28. The molecule has 1 heterocycles. The zero-order valence-electron chi connectivity index (χ0n) is 19.0. The largest absolute Gasteiger partial charge is 0.490 e. The molecule has 33 heavy (non-hydrogen) atoms. The number of likely N-dealkylation sites (N-methyl/N-ethyl adjacent to an activating group) is 1. The standard InChI is InChI=1S/C24H26BrN3O4S/c1-5-28-23(30)20(33-24(28)27-18-9-14(3)7-8-15(18)4)12-16-10-17(25)22(32-13-21(26)29)19(11-16)31-6-2/h7-12H,5-6,13H2,1-4H3,(H2,26,29)/b20-12+,27-24?. The van der Waals surface area contributed by atoms with Crippen LogP contribution in [0.2, 0.25) is 0 Å². The number of thioether (sulfide) groups is 1. The predicted octanol–water partition coefficient (Wildman–Crippen LogP) is 4.95. The Morgan fingerprint density at radius 3 is 2.64 bits per heavy atom. The summed E-state index contributed by atoms with van der Waals surface area (Å²) in [6.45, 7) is 8.45. The number of amidine groups is 1. The average molecular weight is 532 g/mol. The van der Waals surface area contributed by atoms with Gasteiger partial charge < -0.3 is 15.2 Å². The summed E-state index contributed by atoms with van der Waals surface area (Å²) >= 11 is 4.80. The monoisotopic (exact) mass is 531 g/mol. The molecule has 0 spiro atoms. The third kappa shape index (κ3) is 5.97. The molecule has 2 aromatic carbocycles. The van der Waals surface area contributed by atoms with Crippen molar-refractivity contribution in [2.75, 3.05) is 19.8 Å². The predicted molar refractivity (Wildman–Crippen MR) is 136 cm³/mol. The lowest BCUT2D eigenvalue weighted by Gasteiger charge is -2.14. The summed E-state index contributed by atoms with van der Waals surface area (Å²) in [6.07, 6.45) is 1.80. The van der Waals surface area contributed by atoms with Crippen molar-refractivity contribution in [2.24, 2.45) is 10.7 Å². The van der Waals surface area contributed by atoms with Gasteiger partial charge in [0, 0.05) is 6.54 Å². The number of hydrogen-bond acceptors (Lipinski definition) is 6. The van der Waals surface area contributed by atoms with Gasteiger partial charge in [0.2, 0.25) is 0 Å². The molecule has 0 atom stereocenters. The first kappa shape index (κ1) is 24.9. The molecule has 3 rings (SSSR count). The van der Waals surface area contributed by atoms with E-state index in [1.165, 1.54) is 11.8 Å². The zero-order valence-corrected chi connectivity index (χ0v) is 21.4. The number of carbonyl (C=O) groups excluding carboxylic acids is 2. The van der Waals surface area contributed by atoms with Gasteiger partial charge in [-0.1, -0.05) is 12.1 Å². The quantitative estimate of drug-likeness (QED) is 0.486. The minimum absolute atomic E-state index is 0.102. The van der Waals surface area contributed by atoms with Crippen LogP contribution in [-0.2, 0) is 9.59 Å². The van der Waals surface area contributed by atoms with E-state index in [2.05, 4.69) is 15.9 Å². The van der Waals surface area contributed by atoms with E-state index in [0.717, 1.165) is 22.4 Å². The summed E-state index contributed by atoms with van der Waals surface area (Å²) in [4.78, 5) is 31.2. The smallest absolute Gasteiger partial charge is 0.266 e. The molecule has 1 saturated heterocycles. The normalized spacial score (nSPS) is 16.0. The van der Waals surface area contributed by atoms with Crippen LogP contribution < -0.4 is 15.2 Å². The molecule has 1 aliphatic rings. The fourth-order valence-corrected chi connectivity index (χ4v) is 4.81. The van der Waals surface area contributed by atoms with Crippen LogP contribution in [0.5, 0.6) is 11.5 Å². The molecule has 1 aliphatic heterocycles. The number of carbonyl (C=O) groups is 2. The Balaban J connectivity index is 1.97. The molecule has 174 valence electrons. The van der Waals surface area contributed by atoms with Gasteiger partial charge in [-0.15, -0.1) is 0 Å². The molecule has 2 amide bonds. The lowest BCUT2D eigenvalue weighted by molar-refractivity contribution is -0.122. The summed E-state index contributed by atoms with van der Waals surface area (Å²) in [7, 11) is 0. The number of rotatable bonds is 8. The third-order valence-corrected chi connectivity index (χ3v) is 6.37. The second kappa shape index (κ2) is 10.9. The summed E-state index contributed by atoms with van der Waals surface area (Å²) < 4.78 is 11.8. The van der Waals surface area contributed by atoms with Crippen molar-refractivity contribution in [1.29, 1.82) is 0 Å². The average Bonchev–Trinajstić information content (AvgIpc) is 3.04. The maximum absolute atomic E-state index is 13.1. The van der Waals surface area contributed by atoms with Crippen LogP contribution in [0.1, 0.15) is 30.5 Å². The van der Waals surface area contributed by atoms with E-state index in [9.17, 15) is 9.59 Å². The van der Waals surface area contributed by atoms with Gasteiger partial charge in [-0.25, -0.2) is 4.99 Å². The van der Waals surface area contributed by atoms with Crippen LogP contribution in [0.4, 0.5) is 5.69 Å². The minimum atomic E-state index is -0.584. The molecular weight excluding hydrogens is 506 g/mol. The number of nitrogens with two attached hydrogens (primary N) is 1. The van der Waals surface area contributed by atoms with Gasteiger partial charge in [0.25, 0.3) is 11.8 Å². The van der Waals surface area contributed by atoms with Crippen molar-refractivity contribution in [3.05, 3.63) is 56.4 Å². The zero-order chi connectivity index (χ0) is 24.1. The molecule has 9 heteroatoms. The maximum atomic E-state index is 13.1. The fraction of sp³-hybridized carbons (Fsp3) is 0.292. The van der Waals surface area contributed by atoms with Crippen LogP contribution in [0.25, 0.3) is 6.08 Å². The Bertz CT molecular complexity index is 1150. The minimum Gasteiger partial charge on any atom is -0.490 e. The van der Waals surface area contributed by atoms with Crippen LogP contribution in [0, 0.1) is 13.8 Å². The Labute approximate surface area is 206 Å². The highest BCUT2D eigenvalue weighted by molar-refractivity contribution is 9.10. The number of primary amides is 1. The second-order valence-electron chi connectivity index (χ2n) is 7.36. The highest BCUT2D eigenvalue weighted by Gasteiger charge is 2.32. The van der Waals surface area contributed by atoms with E-state index in [1.807, 2.05) is 45.9 Å². The number of halogens is 1. The van der Waals surface area contributed by atoms with Gasteiger partial charge in [-0.3, -0.25) is 14.5 Å². The molecule has 0 radical (unpaired) electrons. The van der Waals surface area contributed by atoms with Gasteiger partial charge in [-0.2, -0.15) is 0 Å². The van der Waals surface area contributed by atoms with E-state index in [1.54, 1.807) is 23.1 Å². The van der Waals surface area contributed by atoms with E-state index in [-0.39, 0.29) is 12.5 Å². The second-order valence-corrected chi connectivity index (χ2v) is 9.23. The molecule has 0 bridgehead atoms. The topological polar surface area (TPSA) is 94.2 Å². The number of benzene rings is 2. The maximum Gasteiger partial charge on any atom is 0.266 e. The van der Waals surface area contributed by atoms with Gasteiger partial charge in [-0.05, 0) is 96.4 Å². The Morgan fingerprint density at radius 1 is 1.21 bits per heavy atom. The van der Waals surface area contributed by atoms with Crippen LogP contribution in [0.15, 0.2) is 44.7 Å². The SMILES string of the molecule is CCOc1cc(/C=C2/SC(=Nc3cc(C)ccc3C)N(CC)C2=O)cc(Br)c1OCC(N)=O. The molecule has 0 aliphatic carbocycles. The van der Waals surface area contributed by atoms with Gasteiger partial charge in [0.1, 0.15) is 0 Å². The summed E-state index contributed by atoms with van der Waals surface area (Å²) in [5.74, 6) is 0.149. The number of amides is 2. The van der Waals surface area contributed by atoms with Crippen molar-refractivity contribution in [3.8, 4) is 11.5 Å². The summed E-state index contributed by atoms with van der Waals surface area (Å²) in [6, 6.07) is 9.65. The molecule has 0 saturated carbocycles. The summed E-state index contributed by atoms with van der Waals surface area (Å²) in [5.41, 5.74) is 8.95. The molecular formula is C24H26BrN3O4S. The Kier molecular flexibility index (Phi) is 8.20. The summed E-state index contributed by atoms with van der Waals surface area (Å²) in [5, 5.41) is 0.646. The fourth-order valence-electron chi connectivity index (χ4n) is 3.18. The molecule has 7 nitrogen and oxygen atoms in total. The van der Waals surface area contributed by atoms with E-state index in [0.29, 0.717) is 39.2 Å². The van der Waals surface area contributed by atoms with E-state index < -0.39 is 5.91 Å². The van der Waals surface area contributed by atoms with E-state index >= 15 is 0 Å². The first-order valence-electron chi connectivity index (χ1n) is 10.5. The molecule has 2 aromatic rings. The van der Waals surface area contributed by atoms with Crippen molar-refractivity contribution in [2.45, 2.75) is 27.7 Å². The Morgan fingerprint density at radius 2 is 1.97 bits per heavy atom. The third-order valence-electron chi connectivity index (χ3n) is 4.77. The Hall–Kier alpha value is -2.78. The number of nitrogens with zero attached hydrogens (tertiary/aromatic N) is 2. The first-order chi connectivity index (χ1) is 15.7. The van der Waals surface area contributed by atoms with Crippen molar-refractivity contribution >= 4 is 56.4 Å². The molecule has 1 fully saturated rings. The van der Waals surface area contributed by atoms with Crippen LogP contribution in [-0.4, -0.2) is 41.6 Å². The molecule has 0 aromatic heterocycles. The van der Waals surface area contributed by atoms with Crippen molar-refractivity contribution < 1.29 is 19.1 Å². The van der Waals surface area contributed by atoms with Gasteiger partial charge >= 0.3 is 0 Å². The van der Waals surface area contributed by atoms with Crippen molar-refractivity contribution in [3.63, 3.8) is 0 Å². The number of ether oxygens (including phenoxy) is 2. The highest BCUT2D eigenvalue weighted by Crippen LogP contribution is 2.40.